The molecular formula is C17H17N3O2. The number of carbonyl (C=O) groups excluding carboxylic acids is 1. The van der Waals surface area contributed by atoms with Crippen LogP contribution in [-0.2, 0) is 4.79 Å². The number of ether oxygens (including phenoxy) is 1. The molecule has 0 radical (unpaired) electrons. The highest BCUT2D eigenvalue weighted by Gasteiger charge is 2.12. The first kappa shape index (κ1) is 15.6. The van der Waals surface area contributed by atoms with E-state index < -0.39 is 0 Å². The quantitative estimate of drug-likeness (QED) is 0.446. The van der Waals surface area contributed by atoms with Crippen LogP contribution in [0.1, 0.15) is 18.4 Å². The van der Waals surface area contributed by atoms with Gasteiger partial charge in [-0.1, -0.05) is 25.1 Å². The molecule has 0 amide bonds. The standard InChI is InChI=1S/C17H17N3O2/c1-13(11-18-12-21)16-10-15(8-9-17(16)22-2)20-19-14-6-4-3-5-7-14/h3-10,13H,11H2,1-2H3. The minimum Gasteiger partial charge on any atom is -0.496 e. The summed E-state index contributed by atoms with van der Waals surface area (Å²) >= 11 is 0. The zero-order valence-electron chi connectivity index (χ0n) is 12.6. The van der Waals surface area contributed by atoms with E-state index in [4.69, 9.17) is 4.74 Å². The van der Waals surface area contributed by atoms with Gasteiger partial charge in [0.2, 0.25) is 6.08 Å². The van der Waals surface area contributed by atoms with Crippen molar-refractivity contribution in [2.75, 3.05) is 13.7 Å². The maximum atomic E-state index is 10.3. The van der Waals surface area contributed by atoms with Crippen molar-refractivity contribution < 1.29 is 9.53 Å². The molecule has 1 unspecified atom stereocenters. The minimum atomic E-state index is 0.0308. The van der Waals surface area contributed by atoms with Crippen molar-refractivity contribution in [1.29, 1.82) is 0 Å². The van der Waals surface area contributed by atoms with Crippen molar-refractivity contribution in [3.05, 3.63) is 54.1 Å². The molecule has 0 aliphatic rings. The molecule has 0 N–H and O–H groups in total. The Hall–Kier alpha value is -2.78. The maximum absolute atomic E-state index is 10.3. The van der Waals surface area contributed by atoms with E-state index in [0.717, 1.165) is 22.7 Å². The molecule has 0 spiro atoms. The van der Waals surface area contributed by atoms with E-state index in [1.807, 2.05) is 55.5 Å². The molecule has 0 saturated heterocycles. The molecule has 0 heterocycles. The molecule has 2 rings (SSSR count). The summed E-state index contributed by atoms with van der Waals surface area (Å²) in [6, 6.07) is 15.1. The summed E-state index contributed by atoms with van der Waals surface area (Å²) in [5.74, 6) is 0.774. The van der Waals surface area contributed by atoms with Gasteiger partial charge in [-0.3, -0.25) is 0 Å². The predicted molar refractivity (Wildman–Crippen MR) is 85.0 cm³/mol. The molecule has 0 aromatic heterocycles. The topological polar surface area (TPSA) is 63.4 Å². The normalized spacial score (nSPS) is 11.9. The molecule has 2 aromatic rings. The lowest BCUT2D eigenvalue weighted by atomic mass is 9.99. The highest BCUT2D eigenvalue weighted by atomic mass is 16.5. The van der Waals surface area contributed by atoms with Crippen molar-refractivity contribution in [3.63, 3.8) is 0 Å². The number of nitrogens with zero attached hydrogens (tertiary/aromatic N) is 3. The molecule has 5 heteroatoms. The van der Waals surface area contributed by atoms with Crippen molar-refractivity contribution in [3.8, 4) is 5.75 Å². The van der Waals surface area contributed by atoms with E-state index in [9.17, 15) is 4.79 Å². The largest absolute Gasteiger partial charge is 0.496 e. The van der Waals surface area contributed by atoms with Gasteiger partial charge in [-0.05, 0) is 30.3 Å². The summed E-state index contributed by atoms with van der Waals surface area (Å²) < 4.78 is 5.35. The van der Waals surface area contributed by atoms with E-state index >= 15 is 0 Å². The van der Waals surface area contributed by atoms with Gasteiger partial charge in [-0.15, -0.1) is 0 Å². The summed E-state index contributed by atoms with van der Waals surface area (Å²) in [7, 11) is 1.61. The van der Waals surface area contributed by atoms with E-state index in [-0.39, 0.29) is 5.92 Å². The predicted octanol–water partition coefficient (Wildman–Crippen LogP) is 4.55. The maximum Gasteiger partial charge on any atom is 0.234 e. The van der Waals surface area contributed by atoms with Crippen LogP contribution >= 0.6 is 0 Å². The van der Waals surface area contributed by atoms with Gasteiger partial charge in [0, 0.05) is 11.5 Å². The van der Waals surface area contributed by atoms with Gasteiger partial charge in [0.25, 0.3) is 0 Å². The van der Waals surface area contributed by atoms with Gasteiger partial charge in [0.1, 0.15) is 5.75 Å². The lowest BCUT2D eigenvalue weighted by molar-refractivity contribution is 0.407. The average Bonchev–Trinajstić information content (AvgIpc) is 2.58. The Morgan fingerprint density at radius 2 is 1.82 bits per heavy atom. The van der Waals surface area contributed by atoms with Crippen LogP contribution in [-0.4, -0.2) is 19.7 Å². The lowest BCUT2D eigenvalue weighted by Crippen LogP contribution is -2.00. The number of aliphatic imine (C=N–C) groups is 1. The summed E-state index contributed by atoms with van der Waals surface area (Å²) in [5.41, 5.74) is 2.45. The van der Waals surface area contributed by atoms with E-state index in [1.165, 1.54) is 0 Å². The van der Waals surface area contributed by atoms with Crippen molar-refractivity contribution >= 4 is 17.5 Å². The van der Waals surface area contributed by atoms with Crippen LogP contribution in [0, 0.1) is 0 Å². The third-order valence-corrected chi connectivity index (χ3v) is 3.21. The van der Waals surface area contributed by atoms with Crippen LogP contribution in [0.25, 0.3) is 0 Å². The zero-order valence-corrected chi connectivity index (χ0v) is 12.6. The van der Waals surface area contributed by atoms with Crippen LogP contribution in [0.2, 0.25) is 0 Å². The molecule has 2 aromatic carbocycles. The number of azo groups is 1. The summed E-state index contributed by atoms with van der Waals surface area (Å²) in [6.07, 6.45) is 1.56. The number of methoxy groups -OCH3 is 1. The van der Waals surface area contributed by atoms with Gasteiger partial charge < -0.3 is 4.74 Å². The molecule has 0 saturated carbocycles. The highest BCUT2D eigenvalue weighted by molar-refractivity contribution is 5.49. The van der Waals surface area contributed by atoms with Crippen LogP contribution in [0.4, 0.5) is 11.4 Å². The SMILES string of the molecule is COc1ccc(N=Nc2ccccc2)cc1C(C)CN=C=O. The fourth-order valence-electron chi connectivity index (χ4n) is 2.05. The molecule has 0 aliphatic carbocycles. The van der Waals surface area contributed by atoms with Crippen molar-refractivity contribution in [1.82, 2.24) is 0 Å². The molecule has 0 fully saturated rings. The summed E-state index contributed by atoms with van der Waals surface area (Å²) in [4.78, 5) is 13.9. The Bertz CT molecular complexity index is 692. The smallest absolute Gasteiger partial charge is 0.234 e. The fourth-order valence-corrected chi connectivity index (χ4v) is 2.05. The van der Waals surface area contributed by atoms with E-state index in [2.05, 4.69) is 15.2 Å². The Labute approximate surface area is 129 Å². The van der Waals surface area contributed by atoms with Crippen LogP contribution in [0.5, 0.6) is 5.75 Å². The first-order chi connectivity index (χ1) is 10.7. The fraction of sp³-hybridized carbons (Fsp3) is 0.235. The van der Waals surface area contributed by atoms with Crippen LogP contribution in [0.3, 0.4) is 0 Å². The van der Waals surface area contributed by atoms with Gasteiger partial charge in [0.05, 0.1) is 25.0 Å². The van der Waals surface area contributed by atoms with E-state index in [0.29, 0.717) is 6.54 Å². The Morgan fingerprint density at radius 3 is 2.50 bits per heavy atom. The van der Waals surface area contributed by atoms with Crippen molar-refractivity contribution in [2.24, 2.45) is 15.2 Å². The van der Waals surface area contributed by atoms with Gasteiger partial charge in [0.15, 0.2) is 0 Å². The Morgan fingerprint density at radius 1 is 1.09 bits per heavy atom. The second-order valence-corrected chi connectivity index (χ2v) is 4.79. The Balaban J connectivity index is 2.26. The molecule has 5 nitrogen and oxygen atoms in total. The van der Waals surface area contributed by atoms with Crippen LogP contribution < -0.4 is 4.74 Å². The average molecular weight is 295 g/mol. The van der Waals surface area contributed by atoms with Crippen LogP contribution in [0.15, 0.2) is 63.8 Å². The van der Waals surface area contributed by atoms with Gasteiger partial charge >= 0.3 is 0 Å². The monoisotopic (exact) mass is 295 g/mol. The van der Waals surface area contributed by atoms with Gasteiger partial charge in [-0.25, -0.2) is 9.79 Å². The summed E-state index contributed by atoms with van der Waals surface area (Å²) in [6.45, 7) is 2.33. The molecule has 0 bridgehead atoms. The summed E-state index contributed by atoms with van der Waals surface area (Å²) in [5, 5.41) is 8.43. The van der Waals surface area contributed by atoms with Crippen molar-refractivity contribution in [2.45, 2.75) is 12.8 Å². The second kappa shape index (κ2) is 7.86. The first-order valence-electron chi connectivity index (χ1n) is 6.93. The number of hydrogen-bond donors (Lipinski definition) is 0. The minimum absolute atomic E-state index is 0.0308. The third kappa shape index (κ3) is 4.11. The Kier molecular flexibility index (Phi) is 5.57. The number of hydrogen-bond acceptors (Lipinski definition) is 5. The molecule has 1 atom stereocenters. The molecule has 0 aliphatic heterocycles. The molecule has 112 valence electrons. The number of rotatable bonds is 6. The first-order valence-corrected chi connectivity index (χ1v) is 6.93. The van der Waals surface area contributed by atoms with E-state index in [1.54, 1.807) is 13.2 Å². The highest BCUT2D eigenvalue weighted by Crippen LogP contribution is 2.31. The molecular weight excluding hydrogens is 278 g/mol. The number of benzene rings is 2. The molecule has 22 heavy (non-hydrogen) atoms. The number of isocyanates is 1. The lowest BCUT2D eigenvalue weighted by Gasteiger charge is -2.13. The van der Waals surface area contributed by atoms with Gasteiger partial charge in [-0.2, -0.15) is 10.2 Å². The second-order valence-electron chi connectivity index (χ2n) is 4.79. The zero-order chi connectivity index (χ0) is 15.8. The third-order valence-electron chi connectivity index (χ3n) is 3.21.